The van der Waals surface area contributed by atoms with Crippen LogP contribution in [-0.4, -0.2) is 0 Å². The third kappa shape index (κ3) is 15.3. The normalized spacial score (nSPS) is 21.1. The third-order valence-corrected chi connectivity index (χ3v) is 12.6. The zero-order valence-electron chi connectivity index (χ0n) is 71.6. The molecular formula is C69H90N4+4. The number of rotatable bonds is 9. The van der Waals surface area contributed by atoms with Crippen LogP contribution in [0, 0.1) is 48.3 Å². The second-order valence-corrected chi connectivity index (χ2v) is 18.5. The van der Waals surface area contributed by atoms with Gasteiger partial charge in [-0.3, -0.25) is 0 Å². The molecule has 0 saturated carbocycles. The quantitative estimate of drug-likeness (QED) is 0.128. The van der Waals surface area contributed by atoms with Crippen LogP contribution >= 0.6 is 0 Å². The summed E-state index contributed by atoms with van der Waals surface area (Å²) in [6.45, 7) is -1.69. The van der Waals surface area contributed by atoms with Crippen molar-refractivity contribution in [2.75, 3.05) is 0 Å². The largest absolute Gasteiger partial charge is 0.212 e. The summed E-state index contributed by atoms with van der Waals surface area (Å²) in [5.41, 5.74) is 13.3. The molecule has 0 aliphatic heterocycles. The minimum Gasteiger partial charge on any atom is -0.201 e. The van der Waals surface area contributed by atoms with Crippen molar-refractivity contribution in [2.45, 2.75) is 140 Å². The standard InChI is InChI=1S/C19H26N.2C17H22N.C16H20N/c1-13(2)16-7-9-18(15(5)11-16)19-10-8-17(14(3)4)12-20(19)6;1-12(2)15-7-8-16(14(4)10-15)17-9-6-13(3)11-18(17)5;1-12(2)15-7-9-17(18(5)11-15)16-8-6-13(3)10-14(16)4;1-5-14-7-9-16(17(4)11-14)15-8-6-12(2)10-13(15)3/h7-14H,1-6H3;2*6-12H,1-5H3;6-11H,5H2,1-4H3/q4*+1/i1D3,3D3,13D,14D;2*1D3,3D3,12D;2D3,5D2. The van der Waals surface area contributed by atoms with Crippen molar-refractivity contribution >= 4 is 0 Å². The molecule has 0 radical (unpaired) electrons. The maximum Gasteiger partial charge on any atom is 0.212 e. The van der Waals surface area contributed by atoms with Crippen LogP contribution in [0.4, 0.5) is 0 Å². The van der Waals surface area contributed by atoms with E-state index in [4.69, 9.17) is 37.0 Å². The van der Waals surface area contributed by atoms with Gasteiger partial charge in [0.25, 0.3) is 0 Å². The lowest BCUT2D eigenvalue weighted by atomic mass is 9.95. The molecule has 4 aromatic carbocycles. The van der Waals surface area contributed by atoms with Gasteiger partial charge >= 0.3 is 0 Å². The molecule has 4 atom stereocenters. The average molecular weight is 1000 g/mol. The summed E-state index contributed by atoms with van der Waals surface area (Å²) in [5.74, 6) is -6.84. The van der Waals surface area contributed by atoms with E-state index in [1.807, 2.05) is 51.4 Å². The van der Waals surface area contributed by atoms with E-state index in [-0.39, 0.29) is 11.1 Å². The van der Waals surface area contributed by atoms with Gasteiger partial charge < -0.3 is 0 Å². The minimum atomic E-state index is -2.45. The molecule has 0 aliphatic carbocycles. The highest BCUT2D eigenvalue weighted by Gasteiger charge is 2.18. The van der Waals surface area contributed by atoms with Crippen molar-refractivity contribution in [1.82, 2.24) is 0 Å². The summed E-state index contributed by atoms with van der Waals surface area (Å²) in [4.78, 5) is 0. The highest BCUT2D eigenvalue weighted by atomic mass is 14.9. The molecule has 0 fully saturated rings. The van der Waals surface area contributed by atoms with Crippen LogP contribution in [0.2, 0.25) is 0 Å². The summed E-state index contributed by atoms with van der Waals surface area (Å²) in [6, 6.07) is 34.2. The van der Waals surface area contributed by atoms with Crippen LogP contribution in [0.1, 0.15) is 189 Å². The fourth-order valence-electron chi connectivity index (χ4n) is 8.41. The number of benzene rings is 4. The van der Waals surface area contributed by atoms with Gasteiger partial charge in [-0.25, -0.2) is 18.3 Å². The van der Waals surface area contributed by atoms with E-state index >= 15 is 0 Å². The number of hydrogen-bond acceptors (Lipinski definition) is 0. The Morgan fingerprint density at radius 3 is 1.03 bits per heavy atom. The predicted molar refractivity (Wildman–Crippen MR) is 311 cm³/mol. The summed E-state index contributed by atoms with van der Waals surface area (Å²) in [5, 5.41) is 0. The van der Waals surface area contributed by atoms with E-state index in [1.54, 1.807) is 169 Å². The van der Waals surface area contributed by atoms with Gasteiger partial charge in [0, 0.05) is 106 Å². The van der Waals surface area contributed by atoms with Crippen molar-refractivity contribution in [3.05, 3.63) is 213 Å². The van der Waals surface area contributed by atoms with Crippen LogP contribution < -0.4 is 18.3 Å². The van der Waals surface area contributed by atoms with Crippen molar-refractivity contribution in [3.63, 3.8) is 0 Å². The molecule has 4 nitrogen and oxygen atoms in total. The zero-order chi connectivity index (χ0) is 76.8. The molecule has 0 saturated heterocycles. The van der Waals surface area contributed by atoms with E-state index < -0.39 is 77.9 Å². The molecule has 4 aromatic heterocycles. The van der Waals surface area contributed by atoms with Gasteiger partial charge in [0.2, 0.25) is 22.8 Å². The monoisotopic (exact) mass is 1000 g/mol. The molecule has 0 spiro atoms. The van der Waals surface area contributed by atoms with Gasteiger partial charge in [-0.1, -0.05) is 122 Å². The Labute approximate surface area is 481 Å². The highest BCUT2D eigenvalue weighted by Crippen LogP contribution is 2.28. The number of pyridine rings is 4. The maximum atomic E-state index is 8.25. The molecule has 4 unspecified atom stereocenters. The Morgan fingerprint density at radius 2 is 0.699 bits per heavy atom. The van der Waals surface area contributed by atoms with E-state index in [9.17, 15) is 0 Å². The molecule has 0 amide bonds. The molecule has 4 heterocycles. The first-order valence-corrected chi connectivity index (χ1v) is 24.0. The number of hydrogen-bond donors (Lipinski definition) is 0. The van der Waals surface area contributed by atoms with Crippen molar-refractivity contribution < 1.29 is 55.3 Å². The van der Waals surface area contributed by atoms with Crippen LogP contribution in [0.15, 0.2) is 146 Å². The van der Waals surface area contributed by atoms with E-state index in [2.05, 4.69) is 0 Å². The van der Waals surface area contributed by atoms with Crippen LogP contribution in [-0.2, 0) is 34.6 Å². The van der Waals surface area contributed by atoms with Gasteiger partial charge in [0.1, 0.15) is 28.2 Å². The summed E-state index contributed by atoms with van der Waals surface area (Å²) in [7, 11) is 7.20. The fourth-order valence-corrected chi connectivity index (χ4v) is 8.41. The molecule has 0 bridgehead atoms. The van der Waals surface area contributed by atoms with E-state index in [0.717, 1.165) is 67.3 Å². The third-order valence-electron chi connectivity index (χ3n) is 12.6. The lowest BCUT2D eigenvalue weighted by molar-refractivity contribution is -0.661. The average Bonchev–Trinajstić information content (AvgIpc) is 0.799. The first kappa shape index (κ1) is 30.0. The van der Waals surface area contributed by atoms with E-state index in [0.29, 0.717) is 33.4 Å². The number of nitrogens with zero attached hydrogens (tertiary/aromatic N) is 4. The molecule has 8 rings (SSSR count). The van der Waals surface area contributed by atoms with Gasteiger partial charge in [0.15, 0.2) is 24.8 Å². The van der Waals surface area contributed by atoms with Crippen LogP contribution in [0.25, 0.3) is 45.0 Å². The second kappa shape index (κ2) is 25.9. The van der Waals surface area contributed by atoms with Crippen LogP contribution in [0.5, 0.6) is 0 Å². The smallest absolute Gasteiger partial charge is 0.201 e. The molecule has 73 heavy (non-hydrogen) atoms. The van der Waals surface area contributed by atoms with Gasteiger partial charge in [0.05, 0.1) is 0 Å². The van der Waals surface area contributed by atoms with Gasteiger partial charge in [-0.15, -0.1) is 0 Å². The first-order valence-electron chi connectivity index (χ1n) is 37.5. The Kier molecular flexibility index (Phi) is 10.7. The molecule has 8 aromatic rings. The number of aryl methyl sites for hydroxylation is 12. The van der Waals surface area contributed by atoms with E-state index in [1.165, 1.54) is 34.6 Å². The maximum absolute atomic E-state index is 8.25. The highest BCUT2D eigenvalue weighted by molar-refractivity contribution is 5.64. The topological polar surface area (TPSA) is 15.5 Å². The van der Waals surface area contributed by atoms with Gasteiger partial charge in [-0.2, -0.15) is 0 Å². The van der Waals surface area contributed by atoms with Crippen molar-refractivity contribution in [1.29, 1.82) is 0 Å². The van der Waals surface area contributed by atoms with Crippen molar-refractivity contribution in [2.24, 2.45) is 28.2 Å². The molecule has 0 aliphatic rings. The minimum absolute atomic E-state index is 0.258. The SMILES string of the molecule is [2H]C([2H])([2H])C([2H])(C)c1ccc(-c2ccc(C([2H])(C)C([2H])([2H])[2H])c[n+]2C)c(C)c1.[2H]C([2H])([2H])c1ccc(-c2ccc(C([2H])(C)C([2H])([2H])[2H])c[n+]2C)c(C)c1.[2H]C([2H])([2H])c1ccc(-c2ccc(C([2H])(C)C([2H])([2H])[2H])cc2C)[n+](C)c1.[2H]C([2H])([2H])c1ccc(-c2ccc(C([2H])([2H])C)c[n+]2C)c(C)c1. The number of aromatic nitrogens is 4. The Bertz CT molecular complexity index is 3960. The fraction of sp³-hybridized carbons (Fsp3) is 0.362. The lowest BCUT2D eigenvalue weighted by Crippen LogP contribution is -2.31. The predicted octanol–water partition coefficient (Wildman–Crippen LogP) is 15.9. The first-order chi connectivity index (χ1) is 45.0. The molecular weight excluding hydrogens is 885 g/mol. The molecule has 382 valence electrons. The summed E-state index contributed by atoms with van der Waals surface area (Å²) in [6.07, 6.45) is 5.24. The molecule has 4 heteroatoms. The summed E-state index contributed by atoms with van der Waals surface area (Å²) >= 11 is 0. The Morgan fingerprint density at radius 1 is 0.384 bits per heavy atom. The second-order valence-electron chi connectivity index (χ2n) is 18.5. The van der Waals surface area contributed by atoms with Crippen molar-refractivity contribution in [3.8, 4) is 45.0 Å². The summed E-state index contributed by atoms with van der Waals surface area (Å²) < 4.78 is 214. The molecule has 0 N–H and O–H groups in total. The van der Waals surface area contributed by atoms with Gasteiger partial charge in [-0.05, 0) is 160 Å². The Hall–Kier alpha value is -6.52. The zero-order valence-corrected chi connectivity index (χ0v) is 44.6. The lowest BCUT2D eigenvalue weighted by Gasteiger charge is -2.11. The Balaban J connectivity index is 0.000000241. The van der Waals surface area contributed by atoms with Crippen LogP contribution in [0.3, 0.4) is 0 Å².